The topological polar surface area (TPSA) is 0 Å². The molecule has 0 radical (unpaired) electrons. The van der Waals surface area contributed by atoms with Crippen molar-refractivity contribution in [3.8, 4) is 11.1 Å². The highest BCUT2D eigenvalue weighted by atomic mass is 19.1. The van der Waals surface area contributed by atoms with E-state index in [4.69, 9.17) is 0 Å². The normalized spacial score (nSPS) is 19.6. The lowest BCUT2D eigenvalue weighted by molar-refractivity contribution is 0.278. The minimum absolute atomic E-state index is 0.123. The molecule has 2 aromatic carbocycles. The smallest absolute Gasteiger partial charge is 0.131 e. The molecule has 0 nitrogen and oxygen atoms in total. The van der Waals surface area contributed by atoms with Gasteiger partial charge >= 0.3 is 0 Å². The van der Waals surface area contributed by atoms with E-state index in [9.17, 15) is 4.39 Å². The second kappa shape index (κ2) is 9.90. The summed E-state index contributed by atoms with van der Waals surface area (Å²) in [6.07, 6.45) is 8.03. The first-order chi connectivity index (χ1) is 12.5. The van der Waals surface area contributed by atoms with Crippen molar-refractivity contribution in [2.24, 2.45) is 11.8 Å². The molecule has 2 aromatic rings. The highest BCUT2D eigenvalue weighted by Crippen LogP contribution is 2.32. The molecule has 26 heavy (non-hydrogen) atoms. The lowest BCUT2D eigenvalue weighted by Gasteiger charge is -2.26. The van der Waals surface area contributed by atoms with Gasteiger partial charge in [-0.1, -0.05) is 76.8 Å². The van der Waals surface area contributed by atoms with Crippen molar-refractivity contribution in [3.05, 3.63) is 58.9 Å². The summed E-state index contributed by atoms with van der Waals surface area (Å²) >= 11 is 0. The van der Waals surface area contributed by atoms with Crippen LogP contribution in [0.4, 0.5) is 4.39 Å². The van der Waals surface area contributed by atoms with Gasteiger partial charge in [-0.3, -0.25) is 0 Å². The quantitative estimate of drug-likeness (QED) is 0.523. The molecule has 0 N–H and O–H groups in total. The highest BCUT2D eigenvalue weighted by Gasteiger charge is 2.18. The van der Waals surface area contributed by atoms with E-state index >= 15 is 0 Å². The average molecular weight is 355 g/mol. The van der Waals surface area contributed by atoms with Gasteiger partial charge in [0.15, 0.2) is 0 Å². The molecule has 0 atom stereocenters. The summed E-state index contributed by atoms with van der Waals surface area (Å²) in [6, 6.07) is 12.0. The van der Waals surface area contributed by atoms with E-state index in [0.29, 0.717) is 5.56 Å². The first-order valence-electron chi connectivity index (χ1n) is 10.4. The van der Waals surface area contributed by atoms with Gasteiger partial charge in [-0.25, -0.2) is 4.39 Å². The molecule has 0 bridgehead atoms. The Labute approximate surface area is 159 Å². The summed E-state index contributed by atoms with van der Waals surface area (Å²) in [5.74, 6) is 1.70. The van der Waals surface area contributed by atoms with Crippen LogP contribution in [0.2, 0.25) is 0 Å². The molecular weight excluding hydrogens is 319 g/mol. The Morgan fingerprint density at radius 1 is 0.885 bits per heavy atom. The van der Waals surface area contributed by atoms with Crippen LogP contribution in [0.25, 0.3) is 11.1 Å². The molecule has 142 valence electrons. The third-order valence-corrected chi connectivity index (χ3v) is 5.68. The Morgan fingerprint density at radius 2 is 1.54 bits per heavy atom. The van der Waals surface area contributed by atoms with E-state index in [0.717, 1.165) is 29.4 Å². The summed E-state index contributed by atoms with van der Waals surface area (Å²) in [7, 11) is 0. The minimum Gasteiger partial charge on any atom is -0.206 e. The van der Waals surface area contributed by atoms with Gasteiger partial charge in [-0.05, 0) is 66.8 Å². The number of aryl methyl sites for hydroxylation is 3. The Balaban J connectivity index is 0.00000117. The van der Waals surface area contributed by atoms with Crippen LogP contribution < -0.4 is 0 Å². The summed E-state index contributed by atoms with van der Waals surface area (Å²) in [6.45, 7) is 10.4. The largest absolute Gasteiger partial charge is 0.206 e. The number of halogens is 1. The Morgan fingerprint density at radius 3 is 2.15 bits per heavy atom. The molecule has 0 aromatic heterocycles. The van der Waals surface area contributed by atoms with Crippen molar-refractivity contribution in [3.63, 3.8) is 0 Å². The van der Waals surface area contributed by atoms with Crippen LogP contribution in [-0.2, 0) is 6.42 Å². The predicted molar refractivity (Wildman–Crippen MR) is 112 cm³/mol. The van der Waals surface area contributed by atoms with Gasteiger partial charge in [-0.15, -0.1) is 0 Å². The van der Waals surface area contributed by atoms with Crippen molar-refractivity contribution in [1.29, 1.82) is 0 Å². The fraction of sp³-hybridized carbons (Fsp3) is 0.520. The number of rotatable bonds is 4. The number of benzene rings is 2. The van der Waals surface area contributed by atoms with E-state index in [2.05, 4.69) is 32.0 Å². The lowest BCUT2D eigenvalue weighted by atomic mass is 9.80. The van der Waals surface area contributed by atoms with E-state index in [1.165, 1.54) is 43.2 Å². The fourth-order valence-corrected chi connectivity index (χ4v) is 4.01. The van der Waals surface area contributed by atoms with Crippen molar-refractivity contribution >= 4 is 0 Å². The van der Waals surface area contributed by atoms with E-state index < -0.39 is 0 Å². The summed E-state index contributed by atoms with van der Waals surface area (Å²) in [4.78, 5) is 0. The lowest BCUT2D eigenvalue weighted by Crippen LogP contribution is -2.12. The predicted octanol–water partition coefficient (Wildman–Crippen LogP) is 7.89. The van der Waals surface area contributed by atoms with Gasteiger partial charge in [0.2, 0.25) is 0 Å². The standard InChI is InChI=1S/C23H29F.C2H6/c1-16-4-7-19(8-5-16)9-10-20-11-13-21(18(3)15-20)22-12-6-17(2)14-23(22)24;1-2/h6,11-16,19H,4-5,7-10H2,1-3H3;1-2H3. The van der Waals surface area contributed by atoms with Crippen LogP contribution >= 0.6 is 0 Å². The number of hydrogen-bond acceptors (Lipinski definition) is 0. The molecule has 0 heterocycles. The van der Waals surface area contributed by atoms with Gasteiger partial charge < -0.3 is 0 Å². The van der Waals surface area contributed by atoms with Gasteiger partial charge in [0.25, 0.3) is 0 Å². The van der Waals surface area contributed by atoms with Crippen molar-refractivity contribution in [2.45, 2.75) is 73.1 Å². The molecule has 0 aliphatic heterocycles. The van der Waals surface area contributed by atoms with Gasteiger partial charge in [0.1, 0.15) is 5.82 Å². The van der Waals surface area contributed by atoms with Gasteiger partial charge in [-0.2, -0.15) is 0 Å². The third kappa shape index (κ3) is 5.43. The van der Waals surface area contributed by atoms with Crippen molar-refractivity contribution in [2.75, 3.05) is 0 Å². The van der Waals surface area contributed by atoms with E-state index in [1.54, 1.807) is 6.07 Å². The van der Waals surface area contributed by atoms with E-state index in [1.807, 2.05) is 32.9 Å². The molecule has 0 saturated heterocycles. The fourth-order valence-electron chi connectivity index (χ4n) is 4.01. The summed E-state index contributed by atoms with van der Waals surface area (Å²) < 4.78 is 14.2. The van der Waals surface area contributed by atoms with Gasteiger partial charge in [0.05, 0.1) is 0 Å². The van der Waals surface area contributed by atoms with Crippen LogP contribution in [-0.4, -0.2) is 0 Å². The molecule has 0 amide bonds. The van der Waals surface area contributed by atoms with Crippen molar-refractivity contribution < 1.29 is 4.39 Å². The maximum absolute atomic E-state index is 14.2. The zero-order valence-corrected chi connectivity index (χ0v) is 17.2. The highest BCUT2D eigenvalue weighted by molar-refractivity contribution is 5.68. The zero-order chi connectivity index (χ0) is 19.1. The van der Waals surface area contributed by atoms with Crippen LogP contribution in [0, 0.1) is 31.5 Å². The first kappa shape index (κ1) is 20.7. The SMILES string of the molecule is CC.Cc1ccc(-c2ccc(CCC3CCC(C)CC3)cc2C)c(F)c1. The first-order valence-corrected chi connectivity index (χ1v) is 10.4. The van der Waals surface area contributed by atoms with Crippen LogP contribution in [0.15, 0.2) is 36.4 Å². The third-order valence-electron chi connectivity index (χ3n) is 5.68. The van der Waals surface area contributed by atoms with Crippen LogP contribution in [0.3, 0.4) is 0 Å². The van der Waals surface area contributed by atoms with Crippen LogP contribution in [0.5, 0.6) is 0 Å². The van der Waals surface area contributed by atoms with E-state index in [-0.39, 0.29) is 5.82 Å². The summed E-state index contributed by atoms with van der Waals surface area (Å²) in [5.41, 5.74) is 5.26. The maximum Gasteiger partial charge on any atom is 0.131 e. The molecule has 0 spiro atoms. The molecule has 0 unspecified atom stereocenters. The molecule has 1 aliphatic rings. The second-order valence-corrected chi connectivity index (χ2v) is 7.80. The monoisotopic (exact) mass is 354 g/mol. The zero-order valence-electron chi connectivity index (χ0n) is 17.2. The van der Waals surface area contributed by atoms with Crippen LogP contribution in [0.1, 0.15) is 69.6 Å². The molecular formula is C25H35F. The Hall–Kier alpha value is -1.63. The minimum atomic E-state index is -0.123. The average Bonchev–Trinajstić information content (AvgIpc) is 2.64. The molecule has 1 fully saturated rings. The second-order valence-electron chi connectivity index (χ2n) is 7.80. The van der Waals surface area contributed by atoms with Gasteiger partial charge in [0, 0.05) is 5.56 Å². The van der Waals surface area contributed by atoms with Crippen molar-refractivity contribution in [1.82, 2.24) is 0 Å². The summed E-state index contributed by atoms with van der Waals surface area (Å²) in [5, 5.41) is 0. The Kier molecular flexibility index (Phi) is 7.87. The molecule has 1 saturated carbocycles. The maximum atomic E-state index is 14.2. The number of hydrogen-bond donors (Lipinski definition) is 0. The molecule has 3 rings (SSSR count). The molecule has 1 heteroatoms. The molecule has 1 aliphatic carbocycles. The Bertz CT molecular complexity index is 693.